The van der Waals surface area contributed by atoms with E-state index in [1.165, 1.54) is 4.90 Å². The van der Waals surface area contributed by atoms with Gasteiger partial charge in [-0.1, -0.05) is 42.5 Å². The van der Waals surface area contributed by atoms with Crippen LogP contribution in [0.15, 0.2) is 54.6 Å². The summed E-state index contributed by atoms with van der Waals surface area (Å²) < 4.78 is 5.14. The average Bonchev–Trinajstić information content (AvgIpc) is 2.94. The second-order valence-electron chi connectivity index (χ2n) is 6.43. The Morgan fingerprint density at radius 2 is 1.69 bits per heavy atom. The first kappa shape index (κ1) is 18.1. The van der Waals surface area contributed by atoms with Gasteiger partial charge in [-0.15, -0.1) is 0 Å². The SMILES string of the molecule is COc1ccc(CCN[C@H]2CC(=O)N(CCc3ccccc3)C2=O)cc1. The van der Waals surface area contributed by atoms with E-state index in [9.17, 15) is 9.59 Å². The van der Waals surface area contributed by atoms with E-state index in [1.54, 1.807) is 7.11 Å². The third-order valence-corrected chi connectivity index (χ3v) is 4.67. The molecule has 26 heavy (non-hydrogen) atoms. The van der Waals surface area contributed by atoms with Crippen LogP contribution < -0.4 is 10.1 Å². The molecule has 3 rings (SSSR count). The highest BCUT2D eigenvalue weighted by Crippen LogP contribution is 2.15. The fourth-order valence-corrected chi connectivity index (χ4v) is 3.15. The van der Waals surface area contributed by atoms with E-state index in [4.69, 9.17) is 4.74 Å². The van der Waals surface area contributed by atoms with Crippen LogP contribution in [0.1, 0.15) is 17.5 Å². The summed E-state index contributed by atoms with van der Waals surface area (Å²) in [5, 5.41) is 3.22. The molecular weight excluding hydrogens is 328 g/mol. The van der Waals surface area contributed by atoms with Crippen molar-refractivity contribution in [1.82, 2.24) is 10.2 Å². The highest BCUT2D eigenvalue weighted by molar-refractivity contribution is 6.05. The van der Waals surface area contributed by atoms with E-state index >= 15 is 0 Å². The quantitative estimate of drug-likeness (QED) is 0.740. The van der Waals surface area contributed by atoms with Gasteiger partial charge in [-0.05, 0) is 42.6 Å². The van der Waals surface area contributed by atoms with Crippen molar-refractivity contribution in [2.75, 3.05) is 20.2 Å². The molecule has 5 heteroatoms. The number of hydrogen-bond acceptors (Lipinski definition) is 4. The molecule has 0 bridgehead atoms. The summed E-state index contributed by atoms with van der Waals surface area (Å²) in [5.41, 5.74) is 2.29. The first-order chi connectivity index (χ1) is 12.7. The van der Waals surface area contributed by atoms with E-state index in [0.717, 1.165) is 23.3 Å². The maximum Gasteiger partial charge on any atom is 0.246 e. The van der Waals surface area contributed by atoms with Gasteiger partial charge in [0.1, 0.15) is 5.75 Å². The Morgan fingerprint density at radius 3 is 2.38 bits per heavy atom. The number of carbonyl (C=O) groups excluding carboxylic acids is 2. The van der Waals surface area contributed by atoms with Crippen LogP contribution in [0.4, 0.5) is 0 Å². The van der Waals surface area contributed by atoms with E-state index in [2.05, 4.69) is 5.32 Å². The summed E-state index contributed by atoms with van der Waals surface area (Å²) in [4.78, 5) is 26.0. The van der Waals surface area contributed by atoms with Crippen molar-refractivity contribution >= 4 is 11.8 Å². The average molecular weight is 352 g/mol. The monoisotopic (exact) mass is 352 g/mol. The molecule has 1 aliphatic rings. The highest BCUT2D eigenvalue weighted by atomic mass is 16.5. The summed E-state index contributed by atoms with van der Waals surface area (Å²) in [6.07, 6.45) is 1.74. The van der Waals surface area contributed by atoms with Crippen molar-refractivity contribution in [2.24, 2.45) is 0 Å². The van der Waals surface area contributed by atoms with Gasteiger partial charge in [-0.25, -0.2) is 0 Å². The Morgan fingerprint density at radius 1 is 1.00 bits per heavy atom. The number of ether oxygens (including phenoxy) is 1. The first-order valence-corrected chi connectivity index (χ1v) is 8.92. The number of carbonyl (C=O) groups is 2. The maximum atomic E-state index is 12.5. The molecule has 0 radical (unpaired) electrons. The highest BCUT2D eigenvalue weighted by Gasteiger charge is 2.37. The van der Waals surface area contributed by atoms with Gasteiger partial charge in [0.05, 0.1) is 19.6 Å². The Bertz CT molecular complexity index is 744. The van der Waals surface area contributed by atoms with E-state index < -0.39 is 6.04 Å². The van der Waals surface area contributed by atoms with Crippen molar-refractivity contribution in [3.63, 3.8) is 0 Å². The molecule has 0 spiro atoms. The number of benzene rings is 2. The van der Waals surface area contributed by atoms with Crippen LogP contribution in [0.3, 0.4) is 0 Å². The van der Waals surface area contributed by atoms with Gasteiger partial charge in [-0.3, -0.25) is 14.5 Å². The number of nitrogens with one attached hydrogen (secondary N) is 1. The van der Waals surface area contributed by atoms with Crippen LogP contribution in [0, 0.1) is 0 Å². The summed E-state index contributed by atoms with van der Waals surface area (Å²) >= 11 is 0. The smallest absolute Gasteiger partial charge is 0.246 e. The van der Waals surface area contributed by atoms with Gasteiger partial charge in [-0.2, -0.15) is 0 Å². The molecule has 2 aromatic carbocycles. The fraction of sp³-hybridized carbons (Fsp3) is 0.333. The summed E-state index contributed by atoms with van der Waals surface area (Å²) in [7, 11) is 1.64. The molecule has 0 aromatic heterocycles. The van der Waals surface area contributed by atoms with Crippen molar-refractivity contribution in [1.29, 1.82) is 0 Å². The zero-order chi connectivity index (χ0) is 18.4. The lowest BCUT2D eigenvalue weighted by Gasteiger charge is -2.15. The molecule has 2 amide bonds. The summed E-state index contributed by atoms with van der Waals surface area (Å²) in [5.74, 6) is 0.626. The molecule has 1 atom stereocenters. The third-order valence-electron chi connectivity index (χ3n) is 4.67. The summed E-state index contributed by atoms with van der Waals surface area (Å²) in [6, 6.07) is 17.4. The second kappa shape index (κ2) is 8.63. The van der Waals surface area contributed by atoms with Gasteiger partial charge >= 0.3 is 0 Å². The zero-order valence-corrected chi connectivity index (χ0v) is 15.0. The molecule has 5 nitrogen and oxygen atoms in total. The Balaban J connectivity index is 1.47. The first-order valence-electron chi connectivity index (χ1n) is 8.92. The van der Waals surface area contributed by atoms with Crippen LogP contribution >= 0.6 is 0 Å². The minimum Gasteiger partial charge on any atom is -0.497 e. The second-order valence-corrected chi connectivity index (χ2v) is 6.43. The number of nitrogens with zero attached hydrogens (tertiary/aromatic N) is 1. The van der Waals surface area contributed by atoms with Gasteiger partial charge in [0.15, 0.2) is 0 Å². The standard InChI is InChI=1S/C21H24N2O3/c1-26-18-9-7-17(8-10-18)11-13-22-19-15-20(24)23(21(19)25)14-12-16-5-3-2-4-6-16/h2-10,19,22H,11-15H2,1H3/t19-/m0/s1. The topological polar surface area (TPSA) is 58.6 Å². The van der Waals surface area contributed by atoms with Gasteiger partial charge < -0.3 is 10.1 Å². The fourth-order valence-electron chi connectivity index (χ4n) is 3.15. The van der Waals surface area contributed by atoms with E-state index in [1.807, 2.05) is 54.6 Å². The third kappa shape index (κ3) is 4.49. The summed E-state index contributed by atoms with van der Waals surface area (Å²) in [6.45, 7) is 1.10. The molecule has 1 aliphatic heterocycles. The minimum absolute atomic E-state index is 0.0899. The molecule has 2 aromatic rings. The Kier molecular flexibility index (Phi) is 6.02. The molecule has 1 saturated heterocycles. The lowest BCUT2D eigenvalue weighted by molar-refractivity contribution is -0.138. The molecule has 136 valence electrons. The van der Waals surface area contributed by atoms with Crippen molar-refractivity contribution in [2.45, 2.75) is 25.3 Å². The van der Waals surface area contributed by atoms with Crippen molar-refractivity contribution < 1.29 is 14.3 Å². The molecular formula is C21H24N2O3. The van der Waals surface area contributed by atoms with Gasteiger partial charge in [0.2, 0.25) is 11.8 Å². The van der Waals surface area contributed by atoms with Crippen molar-refractivity contribution in [3.8, 4) is 5.75 Å². The normalized spacial score (nSPS) is 17.0. The Hall–Kier alpha value is -2.66. The maximum absolute atomic E-state index is 12.5. The van der Waals surface area contributed by atoms with E-state index in [0.29, 0.717) is 19.5 Å². The van der Waals surface area contributed by atoms with Gasteiger partial charge in [0.25, 0.3) is 0 Å². The predicted octanol–water partition coefficient (Wildman–Crippen LogP) is 2.20. The number of rotatable bonds is 8. The molecule has 0 aliphatic carbocycles. The van der Waals surface area contributed by atoms with Crippen LogP contribution in [0.25, 0.3) is 0 Å². The number of likely N-dealkylation sites (tertiary alicyclic amines) is 1. The van der Waals surface area contributed by atoms with Crippen LogP contribution in [-0.2, 0) is 22.4 Å². The van der Waals surface area contributed by atoms with Gasteiger partial charge in [0, 0.05) is 6.54 Å². The number of methoxy groups -OCH3 is 1. The number of amides is 2. The zero-order valence-electron chi connectivity index (χ0n) is 15.0. The minimum atomic E-state index is -0.406. The number of imide groups is 1. The lowest BCUT2D eigenvalue weighted by atomic mass is 10.1. The predicted molar refractivity (Wildman–Crippen MR) is 100.0 cm³/mol. The largest absolute Gasteiger partial charge is 0.497 e. The van der Waals surface area contributed by atoms with Crippen LogP contribution in [-0.4, -0.2) is 43.0 Å². The number of hydrogen-bond donors (Lipinski definition) is 1. The Labute approximate surface area is 154 Å². The van der Waals surface area contributed by atoms with Crippen LogP contribution in [0.2, 0.25) is 0 Å². The van der Waals surface area contributed by atoms with Crippen LogP contribution in [0.5, 0.6) is 5.75 Å². The molecule has 1 fully saturated rings. The molecule has 0 saturated carbocycles. The van der Waals surface area contributed by atoms with E-state index in [-0.39, 0.29) is 18.2 Å². The molecule has 1 heterocycles. The molecule has 0 unspecified atom stereocenters. The molecule has 1 N–H and O–H groups in total. The van der Waals surface area contributed by atoms with Crippen molar-refractivity contribution in [3.05, 3.63) is 65.7 Å². The lowest BCUT2D eigenvalue weighted by Crippen LogP contribution is -2.40.